The predicted octanol–water partition coefficient (Wildman–Crippen LogP) is 3.71. The number of sulfonamides is 1. The number of aryl methyl sites for hydroxylation is 2. The van der Waals surface area contributed by atoms with Crippen LogP contribution in [0.25, 0.3) is 11.4 Å². The number of hydrogen-bond acceptors (Lipinski definition) is 6. The van der Waals surface area contributed by atoms with Crippen LogP contribution in [0.1, 0.15) is 24.8 Å². The summed E-state index contributed by atoms with van der Waals surface area (Å²) in [6.45, 7) is 0.383. The Bertz CT molecular complexity index is 1190. The van der Waals surface area contributed by atoms with Crippen LogP contribution in [0.15, 0.2) is 57.9 Å². The Balaban J connectivity index is 1.52. The van der Waals surface area contributed by atoms with Crippen LogP contribution < -0.4 is 10.0 Å². The third-order valence-electron chi connectivity index (χ3n) is 4.57. The zero-order valence-corrected chi connectivity index (χ0v) is 18.3. The number of anilines is 1. The Morgan fingerprint density at radius 3 is 2.33 bits per heavy atom. The molecule has 2 aromatic carbocycles. The van der Waals surface area contributed by atoms with Crippen LogP contribution in [0, 0.1) is 0 Å². The number of rotatable bonds is 9. The van der Waals surface area contributed by atoms with E-state index in [0.29, 0.717) is 5.82 Å². The summed E-state index contributed by atoms with van der Waals surface area (Å²) in [6.07, 6.45) is -3.52. The monoisotopic (exact) mass is 482 g/mol. The smallest absolute Gasteiger partial charge is 0.339 e. The van der Waals surface area contributed by atoms with Crippen LogP contribution in [0.5, 0.6) is 0 Å². The van der Waals surface area contributed by atoms with Crippen molar-refractivity contribution in [2.45, 2.75) is 37.3 Å². The van der Waals surface area contributed by atoms with Gasteiger partial charge in [0.1, 0.15) is 6.54 Å². The molecule has 12 heteroatoms. The van der Waals surface area contributed by atoms with E-state index < -0.39 is 22.7 Å². The molecule has 2 N–H and O–H groups in total. The van der Waals surface area contributed by atoms with Gasteiger partial charge in [-0.25, -0.2) is 13.1 Å². The molecule has 33 heavy (non-hydrogen) atoms. The fourth-order valence-electron chi connectivity index (χ4n) is 2.78. The lowest BCUT2D eigenvalue weighted by molar-refractivity contribution is -0.121. The Hall–Kier alpha value is -3.25. The maximum Gasteiger partial charge on any atom is 0.402 e. The molecule has 0 saturated carbocycles. The van der Waals surface area contributed by atoms with Crippen LogP contribution in [0.3, 0.4) is 0 Å². The summed E-state index contributed by atoms with van der Waals surface area (Å²) in [6, 6.07) is 12.5. The van der Waals surface area contributed by atoms with Crippen LogP contribution in [-0.4, -0.2) is 37.2 Å². The number of carbonyl (C=O) groups is 1. The van der Waals surface area contributed by atoms with Crippen molar-refractivity contribution in [1.82, 2.24) is 14.9 Å². The van der Waals surface area contributed by atoms with Gasteiger partial charge in [-0.2, -0.15) is 18.2 Å². The highest BCUT2D eigenvalue weighted by Crippen LogP contribution is 2.19. The molecule has 0 aliphatic heterocycles. The van der Waals surface area contributed by atoms with E-state index in [-0.39, 0.29) is 35.2 Å². The molecule has 1 aromatic heterocycles. The minimum atomic E-state index is -4.67. The van der Waals surface area contributed by atoms with E-state index in [9.17, 15) is 26.4 Å². The maximum atomic E-state index is 12.2. The lowest BCUT2D eigenvalue weighted by atomic mass is 10.1. The number of carbonyl (C=O) groups excluding carboxylic acids is 1. The van der Waals surface area contributed by atoms with Gasteiger partial charge in [-0.3, -0.25) is 4.79 Å². The van der Waals surface area contributed by atoms with Crippen LogP contribution in [0.4, 0.5) is 18.9 Å². The van der Waals surface area contributed by atoms with E-state index in [1.165, 1.54) is 22.4 Å². The van der Waals surface area contributed by atoms with Crippen molar-refractivity contribution in [1.29, 1.82) is 0 Å². The highest BCUT2D eigenvalue weighted by Gasteiger charge is 2.30. The number of aromatic nitrogens is 2. The van der Waals surface area contributed by atoms with Crippen molar-refractivity contribution in [3.8, 4) is 11.4 Å². The number of benzene rings is 2. The summed E-state index contributed by atoms with van der Waals surface area (Å²) in [5.74, 6) is 0.328. The van der Waals surface area contributed by atoms with Crippen LogP contribution >= 0.6 is 0 Å². The second kappa shape index (κ2) is 10.1. The highest BCUT2D eigenvalue weighted by molar-refractivity contribution is 7.89. The molecular weight excluding hydrogens is 461 g/mol. The first-order valence-electron chi connectivity index (χ1n) is 9.94. The van der Waals surface area contributed by atoms with Gasteiger partial charge in [-0.05, 0) is 36.2 Å². The number of nitrogens with zero attached hydrogens (tertiary/aromatic N) is 2. The third kappa shape index (κ3) is 7.12. The van der Waals surface area contributed by atoms with E-state index in [1.807, 2.05) is 24.3 Å². The molecule has 8 nitrogen and oxygen atoms in total. The Morgan fingerprint density at radius 2 is 1.73 bits per heavy atom. The van der Waals surface area contributed by atoms with Crippen molar-refractivity contribution in [3.63, 3.8) is 0 Å². The molecule has 1 heterocycles. The fourth-order valence-corrected chi connectivity index (χ4v) is 3.80. The molecule has 0 atom stereocenters. The van der Waals surface area contributed by atoms with Crippen LogP contribution in [-0.2, 0) is 27.7 Å². The van der Waals surface area contributed by atoms with Crippen molar-refractivity contribution in [2.24, 2.45) is 0 Å². The molecule has 3 aromatic rings. The molecule has 176 valence electrons. The summed E-state index contributed by atoms with van der Waals surface area (Å²) in [7, 11) is -4.32. The molecule has 0 aliphatic rings. The van der Waals surface area contributed by atoms with Crippen molar-refractivity contribution in [3.05, 3.63) is 60.0 Å². The molecule has 0 bridgehead atoms. The number of hydrogen-bond donors (Lipinski definition) is 2. The molecule has 0 unspecified atom stereocenters. The quantitative estimate of drug-likeness (QED) is 0.481. The second-order valence-electron chi connectivity index (χ2n) is 7.07. The molecule has 0 spiro atoms. The van der Waals surface area contributed by atoms with E-state index in [0.717, 1.165) is 24.1 Å². The van der Waals surface area contributed by atoms with Crippen molar-refractivity contribution in [2.75, 3.05) is 11.9 Å². The van der Waals surface area contributed by atoms with Gasteiger partial charge in [0, 0.05) is 24.1 Å². The number of alkyl halides is 3. The summed E-state index contributed by atoms with van der Waals surface area (Å²) in [4.78, 5) is 16.1. The minimum Gasteiger partial charge on any atom is -0.339 e. The zero-order valence-electron chi connectivity index (χ0n) is 17.5. The molecule has 0 aliphatic carbocycles. The first-order valence-corrected chi connectivity index (χ1v) is 11.4. The van der Waals surface area contributed by atoms with Crippen molar-refractivity contribution < 1.29 is 30.9 Å². The average Bonchev–Trinajstić information content (AvgIpc) is 3.26. The zero-order chi connectivity index (χ0) is 24.1. The second-order valence-corrected chi connectivity index (χ2v) is 8.84. The largest absolute Gasteiger partial charge is 0.402 e. The van der Waals surface area contributed by atoms with Gasteiger partial charge < -0.3 is 9.84 Å². The summed E-state index contributed by atoms with van der Waals surface area (Å²) < 4.78 is 67.1. The molecular formula is C21H21F3N4O4S. The SMILES string of the molecule is CCc1ccc(-c2noc(CCC(=O)Nc3ccc(S(=O)(=O)NCC(F)(F)F)cc3)n2)cc1. The van der Waals surface area contributed by atoms with Gasteiger partial charge in [-0.15, -0.1) is 0 Å². The summed E-state index contributed by atoms with van der Waals surface area (Å²) in [5.41, 5.74) is 2.27. The van der Waals surface area contributed by atoms with E-state index in [1.54, 1.807) is 0 Å². The number of halogens is 3. The van der Waals surface area contributed by atoms with Crippen molar-refractivity contribution >= 4 is 21.6 Å². The van der Waals surface area contributed by atoms with E-state index in [4.69, 9.17) is 4.52 Å². The Kier molecular flexibility index (Phi) is 7.49. The van der Waals surface area contributed by atoms with Gasteiger partial charge in [-0.1, -0.05) is 36.3 Å². The van der Waals surface area contributed by atoms with Gasteiger partial charge in [0.15, 0.2) is 0 Å². The van der Waals surface area contributed by atoms with E-state index in [2.05, 4.69) is 22.4 Å². The highest BCUT2D eigenvalue weighted by atomic mass is 32.2. The van der Waals surface area contributed by atoms with Gasteiger partial charge in [0.25, 0.3) is 0 Å². The topological polar surface area (TPSA) is 114 Å². The standard InChI is InChI=1S/C21H21F3N4O4S/c1-2-14-3-5-15(6-4-14)20-27-19(32-28-20)12-11-18(29)26-16-7-9-17(10-8-16)33(30,31)25-13-21(22,23)24/h3-10,25H,2,11-13H2,1H3,(H,26,29). The Morgan fingerprint density at radius 1 is 1.06 bits per heavy atom. The first-order chi connectivity index (χ1) is 15.6. The van der Waals surface area contributed by atoms with Gasteiger partial charge in [0.2, 0.25) is 27.6 Å². The van der Waals surface area contributed by atoms with Gasteiger partial charge in [0.05, 0.1) is 4.90 Å². The third-order valence-corrected chi connectivity index (χ3v) is 5.98. The van der Waals surface area contributed by atoms with Crippen LogP contribution in [0.2, 0.25) is 0 Å². The molecule has 1 amide bonds. The predicted molar refractivity (Wildman–Crippen MR) is 114 cm³/mol. The lowest BCUT2D eigenvalue weighted by Crippen LogP contribution is -2.33. The average molecular weight is 482 g/mol. The maximum absolute atomic E-state index is 12.2. The molecule has 0 fully saturated rings. The first kappa shape index (κ1) is 24.4. The van der Waals surface area contributed by atoms with Gasteiger partial charge >= 0.3 is 6.18 Å². The molecule has 3 rings (SSSR count). The molecule has 0 saturated heterocycles. The number of amides is 1. The Labute approximate surface area is 188 Å². The van der Waals surface area contributed by atoms with E-state index >= 15 is 0 Å². The summed E-state index contributed by atoms with van der Waals surface area (Å²) >= 11 is 0. The molecule has 0 radical (unpaired) electrons. The fraction of sp³-hybridized carbons (Fsp3) is 0.286. The minimum absolute atomic E-state index is 0.0313. The summed E-state index contributed by atoms with van der Waals surface area (Å²) in [5, 5.41) is 6.49. The number of nitrogens with one attached hydrogen (secondary N) is 2. The lowest BCUT2D eigenvalue weighted by Gasteiger charge is -2.10. The normalized spacial score (nSPS) is 12.0.